The molecule has 1 aliphatic rings. The molecule has 1 aliphatic heterocycles. The SMILES string of the molecule is C[C](C)C(NC(=O)O)C1CCN(c2ccc(S(C)(=O)=O)cc2[N+](=O)[O-])CC1. The van der Waals surface area contributed by atoms with E-state index in [1.165, 1.54) is 12.1 Å². The van der Waals surface area contributed by atoms with Gasteiger partial charge in [0.15, 0.2) is 9.84 Å². The van der Waals surface area contributed by atoms with Crippen LogP contribution in [0.3, 0.4) is 0 Å². The molecule has 0 saturated carbocycles. The molecule has 149 valence electrons. The van der Waals surface area contributed by atoms with Crippen LogP contribution in [0.1, 0.15) is 26.7 Å². The highest BCUT2D eigenvalue weighted by atomic mass is 32.2. The number of nitro groups is 1. The maximum atomic E-state index is 11.7. The molecule has 9 nitrogen and oxygen atoms in total. The number of carboxylic acid groups (broad SMARTS) is 1. The third-order valence-electron chi connectivity index (χ3n) is 4.82. The zero-order valence-electron chi connectivity index (χ0n) is 15.5. The Morgan fingerprint density at radius 2 is 1.93 bits per heavy atom. The summed E-state index contributed by atoms with van der Waals surface area (Å²) in [7, 11) is -3.54. The largest absolute Gasteiger partial charge is 0.465 e. The van der Waals surface area contributed by atoms with E-state index in [0.29, 0.717) is 31.6 Å². The number of nitrogens with one attached hydrogen (secondary N) is 1. The molecule has 1 aromatic carbocycles. The van der Waals surface area contributed by atoms with E-state index in [1.54, 1.807) is 0 Å². The lowest BCUT2D eigenvalue weighted by molar-refractivity contribution is -0.384. The van der Waals surface area contributed by atoms with E-state index in [9.17, 15) is 23.3 Å². The van der Waals surface area contributed by atoms with E-state index in [2.05, 4.69) is 5.32 Å². The van der Waals surface area contributed by atoms with E-state index >= 15 is 0 Å². The van der Waals surface area contributed by atoms with Gasteiger partial charge in [-0.1, -0.05) is 13.8 Å². The minimum Gasteiger partial charge on any atom is -0.465 e. The number of sulfone groups is 1. The molecule has 2 rings (SSSR count). The molecule has 27 heavy (non-hydrogen) atoms. The smallest absolute Gasteiger partial charge is 0.404 e. The third kappa shape index (κ3) is 5.09. The maximum absolute atomic E-state index is 11.7. The zero-order chi connectivity index (χ0) is 20.4. The van der Waals surface area contributed by atoms with Gasteiger partial charge in [0.05, 0.1) is 9.82 Å². The van der Waals surface area contributed by atoms with Crippen LogP contribution in [-0.2, 0) is 9.84 Å². The highest BCUT2D eigenvalue weighted by Crippen LogP contribution is 2.35. The lowest BCUT2D eigenvalue weighted by Crippen LogP contribution is -2.47. The average molecular weight is 398 g/mol. The lowest BCUT2D eigenvalue weighted by Gasteiger charge is -2.38. The molecule has 1 radical (unpaired) electrons. The second-order valence-electron chi connectivity index (χ2n) is 7.01. The number of rotatable bonds is 6. The minimum atomic E-state index is -3.54. The second-order valence-corrected chi connectivity index (χ2v) is 9.02. The van der Waals surface area contributed by atoms with Gasteiger partial charge in [-0.2, -0.15) is 0 Å². The van der Waals surface area contributed by atoms with Crippen molar-refractivity contribution in [2.45, 2.75) is 37.6 Å². The Bertz CT molecular complexity index is 816. The summed E-state index contributed by atoms with van der Waals surface area (Å²) in [5.74, 6) is 1.08. The van der Waals surface area contributed by atoms with Crippen LogP contribution in [0.5, 0.6) is 0 Å². The van der Waals surface area contributed by atoms with Gasteiger partial charge in [-0.3, -0.25) is 10.1 Å². The second kappa shape index (κ2) is 8.12. The van der Waals surface area contributed by atoms with Crippen molar-refractivity contribution in [3.05, 3.63) is 34.2 Å². The summed E-state index contributed by atoms with van der Waals surface area (Å²) >= 11 is 0. The average Bonchev–Trinajstić information content (AvgIpc) is 2.58. The molecular formula is C17H24N3O6S. The normalized spacial score (nSPS) is 17.0. The third-order valence-corrected chi connectivity index (χ3v) is 5.93. The molecule has 2 N–H and O–H groups in total. The number of amides is 1. The van der Waals surface area contributed by atoms with Gasteiger partial charge in [-0.15, -0.1) is 0 Å². The fourth-order valence-corrected chi connectivity index (χ4v) is 4.13. The van der Waals surface area contributed by atoms with E-state index in [1.807, 2.05) is 18.7 Å². The summed E-state index contributed by atoms with van der Waals surface area (Å²) in [4.78, 5) is 23.6. The molecule has 0 aliphatic carbocycles. The predicted molar refractivity (Wildman–Crippen MR) is 101 cm³/mol. The van der Waals surface area contributed by atoms with Crippen molar-refractivity contribution in [2.24, 2.45) is 5.92 Å². The van der Waals surface area contributed by atoms with Crippen LogP contribution >= 0.6 is 0 Å². The van der Waals surface area contributed by atoms with Gasteiger partial charge in [0, 0.05) is 31.5 Å². The molecule has 0 aromatic heterocycles. The number of hydrogen-bond donors (Lipinski definition) is 2. The fourth-order valence-electron chi connectivity index (χ4n) is 3.49. The van der Waals surface area contributed by atoms with Crippen LogP contribution in [-0.4, -0.2) is 49.9 Å². The number of anilines is 1. The Morgan fingerprint density at radius 3 is 2.37 bits per heavy atom. The van der Waals surface area contributed by atoms with Crippen LogP contribution in [0.4, 0.5) is 16.2 Å². The molecule has 1 amide bonds. The first-order chi connectivity index (χ1) is 12.5. The zero-order valence-corrected chi connectivity index (χ0v) is 16.3. The monoisotopic (exact) mass is 398 g/mol. The number of nitrogens with zero attached hydrogens (tertiary/aromatic N) is 2. The first-order valence-electron chi connectivity index (χ1n) is 8.53. The quantitative estimate of drug-likeness (QED) is 0.556. The molecule has 1 atom stereocenters. The number of hydrogen-bond acceptors (Lipinski definition) is 6. The molecule has 1 aromatic rings. The summed E-state index contributed by atoms with van der Waals surface area (Å²) in [5, 5.41) is 23.0. The first-order valence-corrected chi connectivity index (χ1v) is 10.4. The van der Waals surface area contributed by atoms with Gasteiger partial charge < -0.3 is 15.3 Å². The Hall–Kier alpha value is -2.36. The summed E-state index contributed by atoms with van der Waals surface area (Å²) < 4.78 is 23.3. The van der Waals surface area contributed by atoms with E-state index in [-0.39, 0.29) is 22.5 Å². The first kappa shape index (κ1) is 20.9. The Morgan fingerprint density at radius 1 is 1.33 bits per heavy atom. The van der Waals surface area contributed by atoms with Gasteiger partial charge in [0.25, 0.3) is 5.69 Å². The van der Waals surface area contributed by atoms with Crippen molar-refractivity contribution in [1.82, 2.24) is 5.32 Å². The van der Waals surface area contributed by atoms with Crippen molar-refractivity contribution in [2.75, 3.05) is 24.2 Å². The number of nitro benzene ring substituents is 1. The van der Waals surface area contributed by atoms with Crippen molar-refractivity contribution in [3.8, 4) is 0 Å². The summed E-state index contributed by atoms with van der Waals surface area (Å²) in [6.45, 7) is 4.80. The molecule has 1 saturated heterocycles. The van der Waals surface area contributed by atoms with Gasteiger partial charge in [-0.05, 0) is 36.8 Å². The van der Waals surface area contributed by atoms with Crippen LogP contribution in [0.25, 0.3) is 0 Å². The maximum Gasteiger partial charge on any atom is 0.404 e. The standard InChI is InChI=1S/C17H24N3O6S/c1-11(2)16(18-17(21)22)12-6-8-19(9-7-12)14-5-4-13(27(3,25)26)10-15(14)20(23)24/h4-5,10,12,16,18H,6-9H2,1-3H3,(H,21,22). The molecule has 10 heteroatoms. The van der Waals surface area contributed by atoms with E-state index < -0.39 is 20.9 Å². The van der Waals surface area contributed by atoms with Gasteiger partial charge in [0.1, 0.15) is 5.69 Å². The molecular weight excluding hydrogens is 374 g/mol. The predicted octanol–water partition coefficient (Wildman–Crippen LogP) is 2.47. The van der Waals surface area contributed by atoms with Crippen molar-refractivity contribution in [3.63, 3.8) is 0 Å². The van der Waals surface area contributed by atoms with Gasteiger partial charge >= 0.3 is 6.09 Å². The van der Waals surface area contributed by atoms with Crippen LogP contribution in [0.15, 0.2) is 23.1 Å². The number of carbonyl (C=O) groups is 1. The molecule has 1 heterocycles. The van der Waals surface area contributed by atoms with Crippen molar-refractivity contribution >= 4 is 27.3 Å². The summed E-state index contributed by atoms with van der Waals surface area (Å²) in [5.41, 5.74) is 0.139. The molecule has 1 unspecified atom stereocenters. The topological polar surface area (TPSA) is 130 Å². The lowest BCUT2D eigenvalue weighted by atomic mass is 9.83. The molecule has 1 fully saturated rings. The van der Waals surface area contributed by atoms with Crippen LogP contribution < -0.4 is 10.2 Å². The van der Waals surface area contributed by atoms with E-state index in [4.69, 9.17) is 5.11 Å². The van der Waals surface area contributed by atoms with Gasteiger partial charge in [-0.25, -0.2) is 13.2 Å². The van der Waals surface area contributed by atoms with Gasteiger partial charge in [0.2, 0.25) is 0 Å². The highest BCUT2D eigenvalue weighted by Gasteiger charge is 2.32. The van der Waals surface area contributed by atoms with Crippen LogP contribution in [0.2, 0.25) is 0 Å². The Labute approximate surface area is 158 Å². The number of benzene rings is 1. The van der Waals surface area contributed by atoms with Crippen LogP contribution in [0, 0.1) is 22.0 Å². The minimum absolute atomic E-state index is 0.0882. The molecule has 0 spiro atoms. The summed E-state index contributed by atoms with van der Waals surface area (Å²) in [6.07, 6.45) is 1.27. The summed E-state index contributed by atoms with van der Waals surface area (Å²) in [6, 6.07) is 3.68. The fraction of sp³-hybridized carbons (Fsp3) is 0.529. The molecule has 0 bridgehead atoms. The Balaban J connectivity index is 2.20. The highest BCUT2D eigenvalue weighted by molar-refractivity contribution is 7.90. The Kier molecular flexibility index (Phi) is 6.30. The van der Waals surface area contributed by atoms with Crippen molar-refractivity contribution < 1.29 is 23.2 Å². The van der Waals surface area contributed by atoms with E-state index in [0.717, 1.165) is 18.2 Å². The number of piperidine rings is 1. The van der Waals surface area contributed by atoms with Crippen molar-refractivity contribution in [1.29, 1.82) is 0 Å².